The molecule has 0 saturated heterocycles. The number of benzene rings is 2. The van der Waals surface area contributed by atoms with Crippen molar-refractivity contribution in [2.24, 2.45) is 0 Å². The van der Waals surface area contributed by atoms with Gasteiger partial charge in [-0.05, 0) is 25.1 Å². The Kier molecular flexibility index (Phi) is 4.19. The molecule has 0 aliphatic carbocycles. The van der Waals surface area contributed by atoms with Crippen LogP contribution in [-0.2, 0) is 6.54 Å². The third kappa shape index (κ3) is 2.97. The fourth-order valence-electron chi connectivity index (χ4n) is 3.00. The average molecular weight is 365 g/mol. The minimum atomic E-state index is -0.434. The molecule has 0 aliphatic rings. The summed E-state index contributed by atoms with van der Waals surface area (Å²) in [7, 11) is 1.58. The second-order valence-corrected chi connectivity index (χ2v) is 6.10. The lowest BCUT2D eigenvalue weighted by atomic mass is 10.1. The van der Waals surface area contributed by atoms with E-state index in [1.807, 2.05) is 24.3 Å². The van der Waals surface area contributed by atoms with Gasteiger partial charge in [-0.25, -0.2) is 9.07 Å². The molecule has 136 valence electrons. The molecular weight excluding hydrogens is 349 g/mol. The van der Waals surface area contributed by atoms with E-state index < -0.39 is 11.4 Å². The Bertz CT molecular complexity index is 1200. The molecule has 0 aliphatic heterocycles. The number of hydrogen-bond donors (Lipinski definition) is 0. The summed E-state index contributed by atoms with van der Waals surface area (Å²) in [5, 5.41) is 8.94. The van der Waals surface area contributed by atoms with E-state index in [2.05, 4.69) is 10.3 Å². The van der Waals surface area contributed by atoms with Crippen molar-refractivity contribution in [2.45, 2.75) is 13.5 Å². The molecule has 0 fully saturated rings. The predicted octanol–water partition coefficient (Wildman–Crippen LogP) is 3.56. The van der Waals surface area contributed by atoms with Crippen LogP contribution in [0.15, 0.2) is 57.8 Å². The summed E-state index contributed by atoms with van der Waals surface area (Å²) >= 11 is 0. The maximum Gasteiger partial charge on any atom is 0.297 e. The second kappa shape index (κ2) is 6.68. The standard InChI is InChI=1S/C20H16FN3O3/c1-12-17-18(13-7-5-8-15(10-13)26-2)22-24(20(25)19(17)23-27-12)11-14-6-3-4-9-16(14)21/h3-10H,11H2,1-2H3. The third-order valence-electron chi connectivity index (χ3n) is 4.38. The first-order valence-electron chi connectivity index (χ1n) is 8.33. The molecule has 2 aromatic carbocycles. The molecule has 0 spiro atoms. The molecule has 0 bridgehead atoms. The van der Waals surface area contributed by atoms with E-state index >= 15 is 0 Å². The van der Waals surface area contributed by atoms with Crippen LogP contribution >= 0.6 is 0 Å². The van der Waals surface area contributed by atoms with Gasteiger partial charge >= 0.3 is 0 Å². The van der Waals surface area contributed by atoms with Gasteiger partial charge < -0.3 is 9.26 Å². The normalized spacial score (nSPS) is 11.1. The molecule has 0 N–H and O–H groups in total. The van der Waals surface area contributed by atoms with E-state index in [-0.39, 0.29) is 12.1 Å². The van der Waals surface area contributed by atoms with Gasteiger partial charge in [0.15, 0.2) is 5.52 Å². The van der Waals surface area contributed by atoms with Crippen LogP contribution in [0.25, 0.3) is 22.2 Å². The highest BCUT2D eigenvalue weighted by Gasteiger charge is 2.19. The average Bonchev–Trinajstić information content (AvgIpc) is 3.08. The van der Waals surface area contributed by atoms with Crippen LogP contribution in [-0.4, -0.2) is 22.0 Å². The lowest BCUT2D eigenvalue weighted by molar-refractivity contribution is 0.405. The van der Waals surface area contributed by atoms with Gasteiger partial charge in [-0.15, -0.1) is 0 Å². The molecule has 7 heteroatoms. The summed E-state index contributed by atoms with van der Waals surface area (Å²) in [6, 6.07) is 13.6. The first-order valence-corrected chi connectivity index (χ1v) is 8.33. The van der Waals surface area contributed by atoms with Crippen molar-refractivity contribution < 1.29 is 13.7 Å². The fourth-order valence-corrected chi connectivity index (χ4v) is 3.00. The van der Waals surface area contributed by atoms with Gasteiger partial charge in [0.1, 0.15) is 23.0 Å². The van der Waals surface area contributed by atoms with Crippen LogP contribution in [0.5, 0.6) is 5.75 Å². The molecule has 27 heavy (non-hydrogen) atoms. The maximum atomic E-state index is 14.1. The zero-order chi connectivity index (χ0) is 19.0. The molecule has 0 radical (unpaired) electrons. The Balaban J connectivity index is 1.95. The molecule has 2 aromatic heterocycles. The molecule has 0 amide bonds. The van der Waals surface area contributed by atoms with E-state index in [9.17, 15) is 9.18 Å². The summed E-state index contributed by atoms with van der Waals surface area (Å²) in [5.41, 5.74) is 1.36. The van der Waals surface area contributed by atoms with E-state index in [1.54, 1.807) is 32.2 Å². The molecule has 4 aromatic rings. The lowest BCUT2D eigenvalue weighted by Crippen LogP contribution is -2.25. The fraction of sp³-hybridized carbons (Fsp3) is 0.150. The summed E-state index contributed by atoms with van der Waals surface area (Å²) < 4.78 is 25.8. The van der Waals surface area contributed by atoms with Crippen molar-refractivity contribution in [3.63, 3.8) is 0 Å². The minimum absolute atomic E-state index is 0.00960. The van der Waals surface area contributed by atoms with Crippen LogP contribution in [0.1, 0.15) is 11.3 Å². The summed E-state index contributed by atoms with van der Waals surface area (Å²) in [4.78, 5) is 12.8. The SMILES string of the molecule is COc1cccc(-c2nn(Cc3ccccc3F)c(=O)c3noc(C)c23)c1. The molecule has 0 unspecified atom stereocenters. The van der Waals surface area contributed by atoms with Gasteiger partial charge in [0, 0.05) is 11.1 Å². The molecule has 0 atom stereocenters. The van der Waals surface area contributed by atoms with Crippen LogP contribution in [0.4, 0.5) is 4.39 Å². The minimum Gasteiger partial charge on any atom is -0.497 e. The van der Waals surface area contributed by atoms with Gasteiger partial charge in [0.25, 0.3) is 5.56 Å². The number of nitrogens with zero attached hydrogens (tertiary/aromatic N) is 3. The Morgan fingerprint density at radius 3 is 2.78 bits per heavy atom. The van der Waals surface area contributed by atoms with Gasteiger partial charge in [-0.3, -0.25) is 4.79 Å². The maximum absolute atomic E-state index is 14.1. The zero-order valence-corrected chi connectivity index (χ0v) is 14.8. The number of hydrogen-bond acceptors (Lipinski definition) is 5. The second-order valence-electron chi connectivity index (χ2n) is 6.10. The number of fused-ring (bicyclic) bond motifs is 1. The highest BCUT2D eigenvalue weighted by molar-refractivity contribution is 5.93. The quantitative estimate of drug-likeness (QED) is 0.553. The smallest absolute Gasteiger partial charge is 0.297 e. The topological polar surface area (TPSA) is 70.2 Å². The third-order valence-corrected chi connectivity index (χ3v) is 4.38. The highest BCUT2D eigenvalue weighted by Crippen LogP contribution is 2.29. The van der Waals surface area contributed by atoms with Gasteiger partial charge in [-0.2, -0.15) is 5.10 Å². The number of methoxy groups -OCH3 is 1. The van der Waals surface area contributed by atoms with Crippen molar-refractivity contribution in [2.75, 3.05) is 7.11 Å². The Hall–Kier alpha value is -3.48. The van der Waals surface area contributed by atoms with Crippen LogP contribution in [0, 0.1) is 12.7 Å². The van der Waals surface area contributed by atoms with Gasteiger partial charge in [0.2, 0.25) is 0 Å². The van der Waals surface area contributed by atoms with Crippen LogP contribution in [0.2, 0.25) is 0 Å². The molecule has 0 saturated carbocycles. The van der Waals surface area contributed by atoms with Crippen molar-refractivity contribution in [3.8, 4) is 17.0 Å². The summed E-state index contributed by atoms with van der Waals surface area (Å²) in [5.74, 6) is 0.749. The number of aromatic nitrogens is 3. The number of ether oxygens (including phenoxy) is 1. The van der Waals surface area contributed by atoms with E-state index in [1.165, 1.54) is 10.7 Å². The predicted molar refractivity (Wildman–Crippen MR) is 98.3 cm³/mol. The van der Waals surface area contributed by atoms with Gasteiger partial charge in [0.05, 0.1) is 19.0 Å². The largest absolute Gasteiger partial charge is 0.497 e. The Morgan fingerprint density at radius 1 is 1.19 bits per heavy atom. The van der Waals surface area contributed by atoms with Crippen LogP contribution in [0.3, 0.4) is 0 Å². The number of rotatable bonds is 4. The Labute approximate surface area is 153 Å². The van der Waals surface area contributed by atoms with E-state index in [4.69, 9.17) is 9.26 Å². The Morgan fingerprint density at radius 2 is 2.00 bits per heavy atom. The van der Waals surface area contributed by atoms with Crippen molar-refractivity contribution >= 4 is 10.9 Å². The van der Waals surface area contributed by atoms with Crippen molar-refractivity contribution in [3.05, 3.63) is 76.0 Å². The molecule has 6 nitrogen and oxygen atoms in total. The molecule has 2 heterocycles. The first-order chi connectivity index (χ1) is 13.1. The first kappa shape index (κ1) is 17.0. The number of halogens is 1. The number of aryl methyl sites for hydroxylation is 1. The highest BCUT2D eigenvalue weighted by atomic mass is 19.1. The lowest BCUT2D eigenvalue weighted by Gasteiger charge is -2.10. The van der Waals surface area contributed by atoms with E-state index in [0.29, 0.717) is 28.2 Å². The van der Waals surface area contributed by atoms with Crippen LogP contribution < -0.4 is 10.3 Å². The summed E-state index contributed by atoms with van der Waals surface area (Å²) in [6.07, 6.45) is 0. The van der Waals surface area contributed by atoms with E-state index in [0.717, 1.165) is 5.56 Å². The monoisotopic (exact) mass is 365 g/mol. The molecular formula is C20H16FN3O3. The molecule has 4 rings (SSSR count). The van der Waals surface area contributed by atoms with Gasteiger partial charge in [-0.1, -0.05) is 35.5 Å². The zero-order valence-electron chi connectivity index (χ0n) is 14.8. The summed E-state index contributed by atoms with van der Waals surface area (Å²) in [6.45, 7) is 1.71. The van der Waals surface area contributed by atoms with Crippen molar-refractivity contribution in [1.29, 1.82) is 0 Å². The van der Waals surface area contributed by atoms with Crippen molar-refractivity contribution in [1.82, 2.24) is 14.9 Å².